The molecule has 0 saturated carbocycles. The van der Waals surface area contributed by atoms with Gasteiger partial charge in [0.25, 0.3) is 0 Å². The van der Waals surface area contributed by atoms with E-state index in [-0.39, 0.29) is 12.5 Å². The highest BCUT2D eigenvalue weighted by atomic mass is 16.5. The molecule has 15 heavy (non-hydrogen) atoms. The molecule has 0 spiro atoms. The van der Waals surface area contributed by atoms with Crippen molar-refractivity contribution in [2.24, 2.45) is 5.92 Å². The van der Waals surface area contributed by atoms with Crippen molar-refractivity contribution in [3.8, 4) is 0 Å². The minimum Gasteiger partial charge on any atom is -0.375 e. The Bertz CT molecular complexity index is 197. The predicted molar refractivity (Wildman–Crippen MR) is 59.7 cm³/mol. The van der Waals surface area contributed by atoms with Crippen molar-refractivity contribution in [2.45, 2.75) is 19.8 Å². The van der Waals surface area contributed by atoms with E-state index in [9.17, 15) is 4.79 Å². The zero-order chi connectivity index (χ0) is 11.1. The van der Waals surface area contributed by atoms with Crippen molar-refractivity contribution in [1.29, 1.82) is 0 Å². The quantitative estimate of drug-likeness (QED) is 0.724. The number of nitrogens with zero attached hydrogens (tertiary/aromatic N) is 1. The van der Waals surface area contributed by atoms with E-state index in [1.165, 1.54) is 33.0 Å². The first-order valence-electron chi connectivity index (χ1n) is 5.70. The van der Waals surface area contributed by atoms with E-state index in [0.29, 0.717) is 0 Å². The Morgan fingerprint density at radius 1 is 1.60 bits per heavy atom. The van der Waals surface area contributed by atoms with E-state index in [4.69, 9.17) is 4.74 Å². The van der Waals surface area contributed by atoms with Gasteiger partial charge in [0.15, 0.2) is 0 Å². The van der Waals surface area contributed by atoms with Gasteiger partial charge in [0, 0.05) is 26.7 Å². The van der Waals surface area contributed by atoms with Crippen molar-refractivity contribution < 1.29 is 9.53 Å². The summed E-state index contributed by atoms with van der Waals surface area (Å²) >= 11 is 0. The largest absolute Gasteiger partial charge is 0.375 e. The summed E-state index contributed by atoms with van der Waals surface area (Å²) in [4.78, 5) is 13.5. The van der Waals surface area contributed by atoms with Crippen LogP contribution in [0.1, 0.15) is 19.8 Å². The molecule has 1 amide bonds. The Morgan fingerprint density at radius 3 is 3.07 bits per heavy atom. The molecule has 1 rings (SSSR count). The Balaban J connectivity index is 2.06. The van der Waals surface area contributed by atoms with Gasteiger partial charge >= 0.3 is 0 Å². The summed E-state index contributed by atoms with van der Waals surface area (Å²) in [7, 11) is 1.53. The molecule has 1 aliphatic heterocycles. The van der Waals surface area contributed by atoms with Crippen LogP contribution in [0.25, 0.3) is 0 Å². The molecule has 0 radical (unpaired) electrons. The monoisotopic (exact) mass is 214 g/mol. The Kier molecular flexibility index (Phi) is 5.65. The van der Waals surface area contributed by atoms with E-state index in [1.807, 2.05) is 0 Å². The number of amides is 1. The molecule has 1 atom stereocenters. The lowest BCUT2D eigenvalue weighted by atomic mass is 10.0. The van der Waals surface area contributed by atoms with Gasteiger partial charge in [-0.05, 0) is 25.3 Å². The standard InChI is InChI=1S/C11H22N2O2/c1-10-4-3-6-13(8-10)7-5-12-11(14)9-15-2/h10H,3-9H2,1-2H3,(H,12,14)/t10-/m0/s1. The average molecular weight is 214 g/mol. The van der Waals surface area contributed by atoms with Gasteiger partial charge in [0.2, 0.25) is 5.91 Å². The molecule has 0 aromatic rings. The molecule has 1 saturated heterocycles. The summed E-state index contributed by atoms with van der Waals surface area (Å²) in [5, 5.41) is 2.84. The maximum atomic E-state index is 11.1. The van der Waals surface area contributed by atoms with Gasteiger partial charge in [-0.1, -0.05) is 6.92 Å². The van der Waals surface area contributed by atoms with Gasteiger partial charge in [0.05, 0.1) is 0 Å². The van der Waals surface area contributed by atoms with Gasteiger partial charge in [-0.25, -0.2) is 0 Å². The second-order valence-corrected chi connectivity index (χ2v) is 4.33. The lowest BCUT2D eigenvalue weighted by Crippen LogP contribution is -2.40. The van der Waals surface area contributed by atoms with Crippen LogP contribution in [0.15, 0.2) is 0 Å². The molecule has 0 aliphatic carbocycles. The van der Waals surface area contributed by atoms with Gasteiger partial charge in [-0.15, -0.1) is 0 Å². The molecule has 1 fully saturated rings. The highest BCUT2D eigenvalue weighted by Gasteiger charge is 2.15. The van der Waals surface area contributed by atoms with Crippen LogP contribution >= 0.6 is 0 Å². The number of carbonyl (C=O) groups excluding carboxylic acids is 1. The predicted octanol–water partition coefficient (Wildman–Crippen LogP) is 0.481. The summed E-state index contributed by atoms with van der Waals surface area (Å²) in [5.74, 6) is 0.774. The number of methoxy groups -OCH3 is 1. The smallest absolute Gasteiger partial charge is 0.246 e. The number of likely N-dealkylation sites (tertiary alicyclic amines) is 1. The lowest BCUT2D eigenvalue weighted by molar-refractivity contribution is -0.124. The minimum absolute atomic E-state index is 0.0254. The molecule has 4 heteroatoms. The Labute approximate surface area is 92.0 Å². The maximum absolute atomic E-state index is 11.1. The molecular formula is C11H22N2O2. The molecule has 0 aromatic carbocycles. The number of hydrogen-bond acceptors (Lipinski definition) is 3. The molecule has 88 valence electrons. The van der Waals surface area contributed by atoms with Crippen LogP contribution in [0.5, 0.6) is 0 Å². The summed E-state index contributed by atoms with van der Waals surface area (Å²) in [6, 6.07) is 0. The van der Waals surface area contributed by atoms with Crippen molar-refractivity contribution in [2.75, 3.05) is 39.9 Å². The van der Waals surface area contributed by atoms with Crippen molar-refractivity contribution >= 4 is 5.91 Å². The fourth-order valence-electron chi connectivity index (χ4n) is 2.03. The number of hydrogen-bond donors (Lipinski definition) is 1. The summed E-state index contributed by atoms with van der Waals surface area (Å²) in [5.41, 5.74) is 0. The van der Waals surface area contributed by atoms with Crippen LogP contribution in [-0.2, 0) is 9.53 Å². The molecular weight excluding hydrogens is 192 g/mol. The number of carbonyl (C=O) groups is 1. The second kappa shape index (κ2) is 6.80. The molecule has 0 bridgehead atoms. The zero-order valence-electron chi connectivity index (χ0n) is 9.79. The second-order valence-electron chi connectivity index (χ2n) is 4.33. The molecule has 1 aliphatic rings. The fraction of sp³-hybridized carbons (Fsp3) is 0.909. The third-order valence-corrected chi connectivity index (χ3v) is 2.77. The van der Waals surface area contributed by atoms with Gasteiger partial charge in [0.1, 0.15) is 6.61 Å². The molecule has 1 N–H and O–H groups in total. The van der Waals surface area contributed by atoms with E-state index in [2.05, 4.69) is 17.1 Å². The van der Waals surface area contributed by atoms with Crippen LogP contribution < -0.4 is 5.32 Å². The average Bonchev–Trinajstić information content (AvgIpc) is 2.18. The highest BCUT2D eigenvalue weighted by Crippen LogP contribution is 2.14. The van der Waals surface area contributed by atoms with Crippen LogP contribution in [0.3, 0.4) is 0 Å². The van der Waals surface area contributed by atoms with E-state index < -0.39 is 0 Å². The van der Waals surface area contributed by atoms with Crippen molar-refractivity contribution in [3.05, 3.63) is 0 Å². The van der Waals surface area contributed by atoms with E-state index in [0.717, 1.165) is 19.0 Å². The van der Waals surface area contributed by atoms with Crippen LogP contribution in [-0.4, -0.2) is 50.7 Å². The number of piperidine rings is 1. The summed E-state index contributed by atoms with van der Waals surface area (Å²) < 4.78 is 4.74. The van der Waals surface area contributed by atoms with Gasteiger partial charge in [-0.2, -0.15) is 0 Å². The van der Waals surface area contributed by atoms with Crippen molar-refractivity contribution in [1.82, 2.24) is 10.2 Å². The van der Waals surface area contributed by atoms with E-state index in [1.54, 1.807) is 0 Å². The lowest BCUT2D eigenvalue weighted by Gasteiger charge is -2.30. The molecule has 1 heterocycles. The molecule has 0 aromatic heterocycles. The van der Waals surface area contributed by atoms with Crippen LogP contribution in [0.2, 0.25) is 0 Å². The number of nitrogens with one attached hydrogen (secondary N) is 1. The highest BCUT2D eigenvalue weighted by molar-refractivity contribution is 5.77. The Morgan fingerprint density at radius 2 is 2.40 bits per heavy atom. The number of ether oxygens (including phenoxy) is 1. The normalized spacial score (nSPS) is 22.7. The van der Waals surface area contributed by atoms with Gasteiger partial charge < -0.3 is 15.0 Å². The molecule has 4 nitrogen and oxygen atoms in total. The first-order valence-corrected chi connectivity index (χ1v) is 5.70. The Hall–Kier alpha value is -0.610. The third-order valence-electron chi connectivity index (χ3n) is 2.77. The molecule has 0 unspecified atom stereocenters. The SMILES string of the molecule is COCC(=O)NCCN1CCC[C@H](C)C1. The summed E-state index contributed by atoms with van der Waals surface area (Å²) in [6.07, 6.45) is 2.62. The van der Waals surface area contributed by atoms with Crippen LogP contribution in [0.4, 0.5) is 0 Å². The first-order chi connectivity index (χ1) is 7.22. The van der Waals surface area contributed by atoms with Gasteiger partial charge in [-0.3, -0.25) is 4.79 Å². The van der Waals surface area contributed by atoms with E-state index >= 15 is 0 Å². The maximum Gasteiger partial charge on any atom is 0.246 e. The third kappa shape index (κ3) is 5.14. The topological polar surface area (TPSA) is 41.6 Å². The summed E-state index contributed by atoms with van der Waals surface area (Å²) in [6.45, 7) is 6.48. The first kappa shape index (κ1) is 12.5. The minimum atomic E-state index is -0.0254. The van der Waals surface area contributed by atoms with Crippen molar-refractivity contribution in [3.63, 3.8) is 0 Å². The van der Waals surface area contributed by atoms with Crippen LogP contribution in [0, 0.1) is 5.92 Å². The zero-order valence-corrected chi connectivity index (χ0v) is 9.79. The number of rotatable bonds is 5. The fourth-order valence-corrected chi connectivity index (χ4v) is 2.03.